The van der Waals surface area contributed by atoms with E-state index in [1.54, 1.807) is 6.92 Å². The van der Waals surface area contributed by atoms with Gasteiger partial charge in [0.2, 0.25) is 15.4 Å². The second-order valence-electron chi connectivity index (χ2n) is 4.63. The molecule has 1 rings (SSSR count). The average Bonchev–Trinajstić information content (AvgIpc) is 2.75. The highest BCUT2D eigenvalue weighted by atomic mass is 32.2. The van der Waals surface area contributed by atoms with Gasteiger partial charge in [0, 0.05) is 13.5 Å². The zero-order valence-electron chi connectivity index (χ0n) is 11.5. The molecule has 0 aromatic carbocycles. The molecule has 8 nitrogen and oxygen atoms in total. The van der Waals surface area contributed by atoms with Crippen molar-refractivity contribution in [2.24, 2.45) is 0 Å². The molecule has 0 radical (unpaired) electrons. The van der Waals surface area contributed by atoms with Gasteiger partial charge in [0.05, 0.1) is 5.60 Å². The zero-order valence-corrected chi connectivity index (χ0v) is 13.1. The summed E-state index contributed by atoms with van der Waals surface area (Å²) in [4.78, 5) is 10.8. The highest BCUT2D eigenvalue weighted by Crippen LogP contribution is 2.20. The van der Waals surface area contributed by atoms with Crippen LogP contribution in [0.2, 0.25) is 0 Å². The Labute approximate surface area is 121 Å². The fourth-order valence-corrected chi connectivity index (χ4v) is 3.61. The molecular formula is C10H18N4O4S2. The summed E-state index contributed by atoms with van der Waals surface area (Å²) in [7, 11) is -3.84. The largest absolute Gasteiger partial charge is 0.389 e. The summed E-state index contributed by atoms with van der Waals surface area (Å²) in [5.74, 6) is -0.357. The number of anilines is 1. The lowest BCUT2D eigenvalue weighted by Gasteiger charge is -2.22. The minimum Gasteiger partial charge on any atom is -0.389 e. The van der Waals surface area contributed by atoms with Crippen LogP contribution in [-0.4, -0.2) is 41.8 Å². The SMILES string of the molecule is CCCC(C)(O)CNS(=O)(=O)c1nnc(NC(C)=O)s1. The molecule has 1 heterocycles. The number of amides is 1. The monoisotopic (exact) mass is 322 g/mol. The second-order valence-corrected chi connectivity index (χ2v) is 7.54. The van der Waals surface area contributed by atoms with Crippen LogP contribution in [0.25, 0.3) is 0 Å². The number of nitrogens with one attached hydrogen (secondary N) is 2. The molecule has 0 aliphatic rings. The molecule has 114 valence electrons. The summed E-state index contributed by atoms with van der Waals surface area (Å²) in [5.41, 5.74) is -1.12. The van der Waals surface area contributed by atoms with E-state index in [0.717, 1.165) is 17.8 Å². The summed E-state index contributed by atoms with van der Waals surface area (Å²) >= 11 is 0.746. The van der Waals surface area contributed by atoms with Crippen molar-refractivity contribution in [3.05, 3.63) is 0 Å². The first-order valence-electron chi connectivity index (χ1n) is 5.99. The lowest BCUT2D eigenvalue weighted by molar-refractivity contribution is -0.114. The predicted octanol–water partition coefficient (Wildman–Crippen LogP) is 0.326. The van der Waals surface area contributed by atoms with Gasteiger partial charge in [0.25, 0.3) is 10.0 Å². The molecule has 0 saturated carbocycles. The molecule has 0 fully saturated rings. The van der Waals surface area contributed by atoms with E-state index >= 15 is 0 Å². The Morgan fingerprint density at radius 3 is 2.65 bits per heavy atom. The number of hydrogen-bond acceptors (Lipinski definition) is 7. The molecule has 0 aliphatic carbocycles. The van der Waals surface area contributed by atoms with Crippen molar-refractivity contribution in [2.45, 2.75) is 43.6 Å². The minimum atomic E-state index is -3.84. The van der Waals surface area contributed by atoms with E-state index in [9.17, 15) is 18.3 Å². The molecule has 1 amide bonds. The van der Waals surface area contributed by atoms with E-state index in [-0.39, 0.29) is 21.9 Å². The van der Waals surface area contributed by atoms with E-state index in [0.29, 0.717) is 6.42 Å². The Kier molecular flexibility index (Phi) is 5.57. The van der Waals surface area contributed by atoms with E-state index in [1.165, 1.54) is 6.92 Å². The van der Waals surface area contributed by atoms with Crippen LogP contribution in [0.4, 0.5) is 5.13 Å². The number of hydrogen-bond donors (Lipinski definition) is 3. The first kappa shape index (κ1) is 17.0. The molecule has 10 heteroatoms. The maximum absolute atomic E-state index is 12.0. The van der Waals surface area contributed by atoms with Gasteiger partial charge in [-0.05, 0) is 13.3 Å². The normalized spacial score (nSPS) is 14.8. The lowest BCUT2D eigenvalue weighted by Crippen LogP contribution is -2.40. The van der Waals surface area contributed by atoms with Crippen LogP contribution in [0.1, 0.15) is 33.6 Å². The molecule has 1 aromatic rings. The Morgan fingerprint density at radius 1 is 1.45 bits per heavy atom. The third-order valence-electron chi connectivity index (χ3n) is 2.35. The van der Waals surface area contributed by atoms with Gasteiger partial charge in [-0.3, -0.25) is 4.79 Å². The zero-order chi connectivity index (χ0) is 15.4. The quantitative estimate of drug-likeness (QED) is 0.622. The van der Waals surface area contributed by atoms with E-state index in [4.69, 9.17) is 0 Å². The maximum atomic E-state index is 12.0. The van der Waals surface area contributed by atoms with Crippen LogP contribution < -0.4 is 10.0 Å². The van der Waals surface area contributed by atoms with Crippen LogP contribution >= 0.6 is 11.3 Å². The average molecular weight is 322 g/mol. The lowest BCUT2D eigenvalue weighted by atomic mass is 10.0. The summed E-state index contributed by atoms with van der Waals surface area (Å²) in [5, 5.41) is 19.5. The third kappa shape index (κ3) is 5.12. The summed E-state index contributed by atoms with van der Waals surface area (Å²) in [6.45, 7) is 4.63. The van der Waals surface area contributed by atoms with Gasteiger partial charge in [0.1, 0.15) is 0 Å². The molecule has 1 atom stereocenters. The van der Waals surface area contributed by atoms with Crippen LogP contribution in [0, 0.1) is 0 Å². The Balaban J connectivity index is 2.74. The van der Waals surface area contributed by atoms with Gasteiger partial charge in [-0.25, -0.2) is 13.1 Å². The topological polar surface area (TPSA) is 121 Å². The number of aliphatic hydroxyl groups is 1. The number of carbonyl (C=O) groups excluding carboxylic acids is 1. The van der Waals surface area contributed by atoms with Crippen LogP contribution in [0.5, 0.6) is 0 Å². The highest BCUT2D eigenvalue weighted by Gasteiger charge is 2.26. The van der Waals surface area contributed by atoms with E-state index in [1.807, 2.05) is 6.92 Å². The summed E-state index contributed by atoms with van der Waals surface area (Å²) < 4.78 is 25.9. The van der Waals surface area contributed by atoms with E-state index in [2.05, 4.69) is 20.2 Å². The molecule has 1 unspecified atom stereocenters. The van der Waals surface area contributed by atoms with Crippen molar-refractivity contribution in [3.63, 3.8) is 0 Å². The third-order valence-corrected chi connectivity index (χ3v) is 4.96. The molecule has 1 aromatic heterocycles. The van der Waals surface area contributed by atoms with Crippen LogP contribution in [-0.2, 0) is 14.8 Å². The van der Waals surface area contributed by atoms with Crippen LogP contribution in [0.15, 0.2) is 4.34 Å². The number of sulfonamides is 1. The van der Waals surface area contributed by atoms with Crippen molar-refractivity contribution in [2.75, 3.05) is 11.9 Å². The molecule has 0 spiro atoms. The van der Waals surface area contributed by atoms with Gasteiger partial charge in [-0.1, -0.05) is 24.7 Å². The predicted molar refractivity (Wildman–Crippen MR) is 74.9 cm³/mol. The van der Waals surface area contributed by atoms with Crippen molar-refractivity contribution in [3.8, 4) is 0 Å². The summed E-state index contributed by atoms with van der Waals surface area (Å²) in [6, 6.07) is 0. The first-order chi connectivity index (χ1) is 9.16. The highest BCUT2D eigenvalue weighted by molar-refractivity contribution is 7.91. The van der Waals surface area contributed by atoms with Gasteiger partial charge in [-0.15, -0.1) is 10.2 Å². The Hall–Kier alpha value is -1.10. The Bertz CT molecular complexity index is 568. The molecule has 0 aliphatic heterocycles. The van der Waals surface area contributed by atoms with Gasteiger partial charge < -0.3 is 10.4 Å². The fraction of sp³-hybridized carbons (Fsp3) is 0.700. The molecular weight excluding hydrogens is 304 g/mol. The van der Waals surface area contributed by atoms with E-state index < -0.39 is 15.6 Å². The molecule has 20 heavy (non-hydrogen) atoms. The molecule has 3 N–H and O–H groups in total. The second kappa shape index (κ2) is 6.57. The number of nitrogens with zero attached hydrogens (tertiary/aromatic N) is 2. The van der Waals surface area contributed by atoms with Crippen molar-refractivity contribution >= 4 is 32.4 Å². The number of aromatic nitrogens is 2. The van der Waals surface area contributed by atoms with Gasteiger partial charge in [-0.2, -0.15) is 0 Å². The minimum absolute atomic E-state index is 0.109. The van der Waals surface area contributed by atoms with Gasteiger partial charge in [0.15, 0.2) is 0 Å². The fourth-order valence-electron chi connectivity index (χ4n) is 1.46. The van der Waals surface area contributed by atoms with Crippen molar-refractivity contribution < 1.29 is 18.3 Å². The smallest absolute Gasteiger partial charge is 0.269 e. The number of rotatable bonds is 7. The summed E-state index contributed by atoms with van der Waals surface area (Å²) in [6.07, 6.45) is 1.21. The Morgan fingerprint density at radius 2 is 2.10 bits per heavy atom. The maximum Gasteiger partial charge on any atom is 0.269 e. The van der Waals surface area contributed by atoms with Crippen molar-refractivity contribution in [1.82, 2.24) is 14.9 Å². The molecule has 0 saturated heterocycles. The standard InChI is InChI=1S/C10H18N4O4S2/c1-4-5-10(3,16)6-11-20(17,18)9-14-13-8(19-9)12-7(2)15/h11,16H,4-6H2,1-3H3,(H,12,13,15). The first-order valence-corrected chi connectivity index (χ1v) is 8.29. The van der Waals surface area contributed by atoms with Crippen molar-refractivity contribution in [1.29, 1.82) is 0 Å². The molecule has 0 bridgehead atoms. The van der Waals surface area contributed by atoms with Gasteiger partial charge >= 0.3 is 0 Å². The number of carbonyl (C=O) groups is 1. The van der Waals surface area contributed by atoms with Crippen LogP contribution in [0.3, 0.4) is 0 Å².